The van der Waals surface area contributed by atoms with Gasteiger partial charge in [-0.25, -0.2) is 0 Å². The summed E-state index contributed by atoms with van der Waals surface area (Å²) in [6.45, 7) is 6.51. The van der Waals surface area contributed by atoms with Crippen LogP contribution in [0.2, 0.25) is 0 Å². The van der Waals surface area contributed by atoms with E-state index in [0.29, 0.717) is 0 Å². The SMILES string of the molecule is CCNC(C)(C)C(=O)Nc1ccc(SC)cc1. The van der Waals surface area contributed by atoms with Crippen molar-refractivity contribution in [3.8, 4) is 0 Å². The fourth-order valence-corrected chi connectivity index (χ4v) is 1.89. The number of rotatable bonds is 5. The Hall–Kier alpha value is -1.00. The molecule has 0 aromatic heterocycles. The van der Waals surface area contributed by atoms with Crippen LogP contribution >= 0.6 is 11.8 Å². The summed E-state index contributed by atoms with van der Waals surface area (Å²) >= 11 is 1.69. The Morgan fingerprint density at radius 1 is 1.29 bits per heavy atom. The minimum Gasteiger partial charge on any atom is -0.325 e. The maximum absolute atomic E-state index is 12.0. The van der Waals surface area contributed by atoms with Crippen LogP contribution in [0.4, 0.5) is 5.69 Å². The minimum absolute atomic E-state index is 0.0174. The van der Waals surface area contributed by atoms with Crippen LogP contribution in [-0.4, -0.2) is 24.2 Å². The molecule has 0 aliphatic rings. The lowest BCUT2D eigenvalue weighted by atomic mass is 10.0. The van der Waals surface area contributed by atoms with E-state index >= 15 is 0 Å². The molecule has 94 valence electrons. The number of amides is 1. The van der Waals surface area contributed by atoms with E-state index in [9.17, 15) is 4.79 Å². The summed E-state index contributed by atoms with van der Waals surface area (Å²) in [6.07, 6.45) is 2.03. The number of anilines is 1. The monoisotopic (exact) mass is 252 g/mol. The predicted molar refractivity (Wildman–Crippen MR) is 74.6 cm³/mol. The van der Waals surface area contributed by atoms with Crippen LogP contribution in [-0.2, 0) is 4.79 Å². The largest absolute Gasteiger partial charge is 0.325 e. The van der Waals surface area contributed by atoms with Gasteiger partial charge in [-0.2, -0.15) is 0 Å². The Balaban J connectivity index is 2.67. The fraction of sp³-hybridized carbons (Fsp3) is 0.462. The van der Waals surface area contributed by atoms with Crippen LogP contribution in [0.1, 0.15) is 20.8 Å². The van der Waals surface area contributed by atoms with Crippen molar-refractivity contribution < 1.29 is 4.79 Å². The van der Waals surface area contributed by atoms with Gasteiger partial charge >= 0.3 is 0 Å². The van der Waals surface area contributed by atoms with Gasteiger partial charge in [0.15, 0.2) is 0 Å². The first-order chi connectivity index (χ1) is 7.99. The van der Waals surface area contributed by atoms with Gasteiger partial charge in [-0.05, 0) is 50.9 Å². The van der Waals surface area contributed by atoms with Gasteiger partial charge in [0.05, 0.1) is 5.54 Å². The lowest BCUT2D eigenvalue weighted by molar-refractivity contribution is -0.121. The summed E-state index contributed by atoms with van der Waals surface area (Å²) < 4.78 is 0. The second-order valence-corrected chi connectivity index (χ2v) is 5.22. The van der Waals surface area contributed by atoms with Crippen molar-refractivity contribution in [2.75, 3.05) is 18.1 Å². The number of thioether (sulfide) groups is 1. The topological polar surface area (TPSA) is 41.1 Å². The molecule has 1 amide bonds. The van der Waals surface area contributed by atoms with Gasteiger partial charge < -0.3 is 10.6 Å². The van der Waals surface area contributed by atoms with Gasteiger partial charge in [0.25, 0.3) is 0 Å². The van der Waals surface area contributed by atoms with Gasteiger partial charge in [0.1, 0.15) is 0 Å². The number of hydrogen-bond donors (Lipinski definition) is 2. The molecule has 17 heavy (non-hydrogen) atoms. The zero-order chi connectivity index (χ0) is 12.9. The Bertz CT molecular complexity index is 374. The van der Waals surface area contributed by atoms with Gasteiger partial charge in [-0.1, -0.05) is 6.92 Å². The number of carbonyl (C=O) groups excluding carboxylic acids is 1. The Kier molecular flexibility index (Phi) is 5.02. The van der Waals surface area contributed by atoms with E-state index in [4.69, 9.17) is 0 Å². The summed E-state index contributed by atoms with van der Waals surface area (Å²) in [5.74, 6) is -0.0174. The average molecular weight is 252 g/mol. The molecule has 0 heterocycles. The van der Waals surface area contributed by atoms with E-state index in [1.165, 1.54) is 4.90 Å². The van der Waals surface area contributed by atoms with Gasteiger partial charge in [0, 0.05) is 10.6 Å². The van der Waals surface area contributed by atoms with Crippen molar-refractivity contribution in [1.29, 1.82) is 0 Å². The maximum Gasteiger partial charge on any atom is 0.244 e. The number of benzene rings is 1. The second-order valence-electron chi connectivity index (χ2n) is 4.34. The molecule has 0 aliphatic heterocycles. The number of likely N-dealkylation sites (N-methyl/N-ethyl adjacent to an activating group) is 1. The molecule has 1 aromatic rings. The third-order valence-electron chi connectivity index (χ3n) is 2.53. The quantitative estimate of drug-likeness (QED) is 0.792. The van der Waals surface area contributed by atoms with Crippen LogP contribution in [0, 0.1) is 0 Å². The van der Waals surface area contributed by atoms with Crippen LogP contribution in [0.3, 0.4) is 0 Å². The van der Waals surface area contributed by atoms with Gasteiger partial charge in [0.2, 0.25) is 5.91 Å². The first-order valence-electron chi connectivity index (χ1n) is 5.70. The lowest BCUT2D eigenvalue weighted by Crippen LogP contribution is -2.49. The molecule has 1 rings (SSSR count). The molecule has 1 aromatic carbocycles. The Labute approximate surface area is 107 Å². The Morgan fingerprint density at radius 3 is 2.35 bits per heavy atom. The van der Waals surface area contributed by atoms with E-state index in [1.807, 2.05) is 51.3 Å². The van der Waals surface area contributed by atoms with Crippen molar-refractivity contribution in [3.63, 3.8) is 0 Å². The van der Waals surface area contributed by atoms with Gasteiger partial charge in [-0.3, -0.25) is 4.79 Å². The summed E-state index contributed by atoms with van der Waals surface area (Å²) in [4.78, 5) is 13.2. The molecule has 3 nitrogen and oxygen atoms in total. The molecular formula is C13H20N2OS. The summed E-state index contributed by atoms with van der Waals surface area (Å²) in [7, 11) is 0. The summed E-state index contributed by atoms with van der Waals surface area (Å²) in [5.41, 5.74) is 0.284. The van der Waals surface area contributed by atoms with E-state index < -0.39 is 5.54 Å². The smallest absolute Gasteiger partial charge is 0.244 e. The molecule has 0 saturated heterocycles. The minimum atomic E-state index is -0.549. The highest BCUT2D eigenvalue weighted by molar-refractivity contribution is 7.98. The highest BCUT2D eigenvalue weighted by Crippen LogP contribution is 2.18. The van der Waals surface area contributed by atoms with Crippen LogP contribution in [0.25, 0.3) is 0 Å². The third kappa shape index (κ3) is 4.06. The fourth-order valence-electron chi connectivity index (χ4n) is 1.48. The number of hydrogen-bond acceptors (Lipinski definition) is 3. The third-order valence-corrected chi connectivity index (χ3v) is 3.28. The highest BCUT2D eigenvalue weighted by Gasteiger charge is 2.25. The zero-order valence-corrected chi connectivity index (χ0v) is 11.6. The van der Waals surface area contributed by atoms with E-state index in [0.717, 1.165) is 12.2 Å². The Morgan fingerprint density at radius 2 is 1.88 bits per heavy atom. The molecule has 0 unspecified atom stereocenters. The van der Waals surface area contributed by atoms with Crippen molar-refractivity contribution in [2.24, 2.45) is 0 Å². The standard InChI is InChI=1S/C13H20N2OS/c1-5-14-13(2,3)12(16)15-10-6-8-11(17-4)9-7-10/h6-9,14H,5H2,1-4H3,(H,15,16). The zero-order valence-electron chi connectivity index (χ0n) is 10.8. The van der Waals surface area contributed by atoms with Gasteiger partial charge in [-0.15, -0.1) is 11.8 Å². The molecule has 0 bridgehead atoms. The number of carbonyl (C=O) groups is 1. The normalized spacial score (nSPS) is 11.3. The number of nitrogens with one attached hydrogen (secondary N) is 2. The van der Waals surface area contributed by atoms with Crippen LogP contribution in [0.5, 0.6) is 0 Å². The first-order valence-corrected chi connectivity index (χ1v) is 6.92. The molecule has 2 N–H and O–H groups in total. The maximum atomic E-state index is 12.0. The van der Waals surface area contributed by atoms with Crippen molar-refractivity contribution in [3.05, 3.63) is 24.3 Å². The summed E-state index contributed by atoms with van der Waals surface area (Å²) in [6, 6.07) is 7.85. The second kappa shape index (κ2) is 6.07. The molecular weight excluding hydrogens is 232 g/mol. The molecule has 0 aliphatic carbocycles. The van der Waals surface area contributed by atoms with Crippen molar-refractivity contribution >= 4 is 23.4 Å². The molecule has 0 fully saturated rings. The lowest BCUT2D eigenvalue weighted by Gasteiger charge is -2.24. The molecule has 0 saturated carbocycles. The van der Waals surface area contributed by atoms with Crippen molar-refractivity contribution in [2.45, 2.75) is 31.2 Å². The molecule has 0 atom stereocenters. The van der Waals surface area contributed by atoms with Crippen LogP contribution in [0.15, 0.2) is 29.2 Å². The summed E-state index contributed by atoms with van der Waals surface area (Å²) in [5, 5.41) is 6.06. The highest BCUT2D eigenvalue weighted by atomic mass is 32.2. The average Bonchev–Trinajstić information content (AvgIpc) is 2.30. The van der Waals surface area contributed by atoms with Crippen molar-refractivity contribution in [1.82, 2.24) is 5.32 Å². The van der Waals surface area contributed by atoms with E-state index in [-0.39, 0.29) is 5.91 Å². The molecule has 4 heteroatoms. The molecule has 0 spiro atoms. The first kappa shape index (κ1) is 14.1. The molecule has 0 radical (unpaired) electrons. The predicted octanol–water partition coefficient (Wildman–Crippen LogP) is 2.74. The van der Waals surface area contributed by atoms with Crippen LogP contribution < -0.4 is 10.6 Å². The van der Waals surface area contributed by atoms with E-state index in [1.54, 1.807) is 11.8 Å². The van der Waals surface area contributed by atoms with E-state index in [2.05, 4.69) is 10.6 Å².